The first-order valence-electron chi connectivity index (χ1n) is 9.09. The van der Waals surface area contributed by atoms with Crippen molar-refractivity contribution in [1.29, 1.82) is 0 Å². The highest BCUT2D eigenvalue weighted by Crippen LogP contribution is 2.43. The zero-order valence-corrected chi connectivity index (χ0v) is 18.1. The lowest BCUT2D eigenvalue weighted by molar-refractivity contribution is 0.0858. The molecule has 1 aliphatic rings. The fourth-order valence-electron chi connectivity index (χ4n) is 3.40. The van der Waals surface area contributed by atoms with E-state index < -0.39 is 21.3 Å². The quantitative estimate of drug-likeness (QED) is 0.602. The van der Waals surface area contributed by atoms with E-state index in [4.69, 9.17) is 4.74 Å². The number of carbonyl (C=O) groups is 1. The molecular formula is C19H19N5O4S2. The number of methoxy groups -OCH3 is 1. The molecule has 0 saturated carbocycles. The van der Waals surface area contributed by atoms with Crippen LogP contribution in [0.1, 0.15) is 46.9 Å². The highest BCUT2D eigenvalue weighted by molar-refractivity contribution is 7.91. The zero-order valence-electron chi connectivity index (χ0n) is 16.4. The normalized spacial score (nSPS) is 16.0. The van der Waals surface area contributed by atoms with Crippen molar-refractivity contribution < 1.29 is 17.9 Å². The third-order valence-corrected chi connectivity index (χ3v) is 7.25. The van der Waals surface area contributed by atoms with Crippen LogP contribution in [0.4, 0.5) is 0 Å². The molecule has 0 N–H and O–H groups in total. The van der Waals surface area contributed by atoms with Crippen LogP contribution in [0.2, 0.25) is 0 Å². The van der Waals surface area contributed by atoms with Crippen LogP contribution in [0.15, 0.2) is 47.4 Å². The van der Waals surface area contributed by atoms with Crippen molar-refractivity contribution in [3.63, 3.8) is 0 Å². The van der Waals surface area contributed by atoms with Gasteiger partial charge in [0.15, 0.2) is 11.2 Å². The van der Waals surface area contributed by atoms with Crippen LogP contribution >= 0.6 is 12.6 Å². The molecule has 3 aromatic rings. The summed E-state index contributed by atoms with van der Waals surface area (Å²) in [5.41, 5.74) is 1.33. The number of hydrogen-bond donors (Lipinski definition) is 1. The van der Waals surface area contributed by atoms with E-state index in [-0.39, 0.29) is 22.2 Å². The number of tetrazole rings is 1. The summed E-state index contributed by atoms with van der Waals surface area (Å²) in [5, 5.41) is 10.3. The Bertz CT molecular complexity index is 1220. The maximum absolute atomic E-state index is 13.3. The molecule has 156 valence electrons. The van der Waals surface area contributed by atoms with Gasteiger partial charge in [-0.25, -0.2) is 12.7 Å². The van der Waals surface area contributed by atoms with E-state index in [1.807, 2.05) is 19.9 Å². The lowest BCUT2D eigenvalue weighted by Gasteiger charge is -2.21. The number of ether oxygens (including phenoxy) is 1. The minimum Gasteiger partial charge on any atom is -0.497 e. The smallest absolute Gasteiger partial charge is 0.270 e. The second-order valence-electron chi connectivity index (χ2n) is 7.01. The summed E-state index contributed by atoms with van der Waals surface area (Å²) < 4.78 is 34.0. The van der Waals surface area contributed by atoms with Crippen molar-refractivity contribution in [3.8, 4) is 11.4 Å². The van der Waals surface area contributed by atoms with E-state index in [1.54, 1.807) is 30.3 Å². The van der Waals surface area contributed by atoms with Crippen molar-refractivity contribution in [1.82, 2.24) is 24.5 Å². The third kappa shape index (κ3) is 3.05. The van der Waals surface area contributed by atoms with E-state index in [2.05, 4.69) is 28.2 Å². The summed E-state index contributed by atoms with van der Waals surface area (Å²) in [4.78, 5) is 13.2. The van der Waals surface area contributed by atoms with Gasteiger partial charge < -0.3 is 4.74 Å². The number of rotatable bonds is 5. The van der Waals surface area contributed by atoms with Crippen LogP contribution in [0.25, 0.3) is 5.69 Å². The molecule has 1 aliphatic heterocycles. The number of amides is 1. The zero-order chi connectivity index (χ0) is 21.6. The molecule has 2 aromatic carbocycles. The van der Waals surface area contributed by atoms with Crippen molar-refractivity contribution >= 4 is 28.6 Å². The SMILES string of the molecule is COc1cc(C(C)C)c2c(c1)S(=O)(=O)N(C(S)c1nnnn1-c1ccccc1)C2=O. The Morgan fingerprint density at radius 1 is 1.13 bits per heavy atom. The van der Waals surface area contributed by atoms with Gasteiger partial charge in [0, 0.05) is 6.07 Å². The Morgan fingerprint density at radius 3 is 2.47 bits per heavy atom. The molecule has 30 heavy (non-hydrogen) atoms. The molecule has 2 heterocycles. The van der Waals surface area contributed by atoms with Gasteiger partial charge in [0.25, 0.3) is 15.9 Å². The number of nitrogens with zero attached hydrogens (tertiary/aromatic N) is 5. The van der Waals surface area contributed by atoms with Crippen LogP contribution in [0.5, 0.6) is 5.75 Å². The summed E-state index contributed by atoms with van der Waals surface area (Å²) >= 11 is 4.44. The first-order chi connectivity index (χ1) is 14.3. The van der Waals surface area contributed by atoms with Crippen LogP contribution < -0.4 is 4.74 Å². The average molecular weight is 446 g/mol. The van der Waals surface area contributed by atoms with E-state index in [0.717, 1.165) is 4.31 Å². The largest absolute Gasteiger partial charge is 0.497 e. The molecule has 0 fully saturated rings. The lowest BCUT2D eigenvalue weighted by atomic mass is 9.96. The fraction of sp³-hybridized carbons (Fsp3) is 0.263. The minimum absolute atomic E-state index is 0.0963. The summed E-state index contributed by atoms with van der Waals surface area (Å²) in [6.45, 7) is 3.76. The number of thiol groups is 1. The van der Waals surface area contributed by atoms with E-state index in [1.165, 1.54) is 17.9 Å². The Labute approximate surface area is 179 Å². The molecule has 0 radical (unpaired) electrons. The molecule has 9 nitrogen and oxygen atoms in total. The predicted molar refractivity (Wildman–Crippen MR) is 111 cm³/mol. The number of para-hydroxylation sites is 1. The van der Waals surface area contributed by atoms with Crippen molar-refractivity contribution in [3.05, 3.63) is 59.4 Å². The lowest BCUT2D eigenvalue weighted by Crippen LogP contribution is -2.33. The van der Waals surface area contributed by atoms with Gasteiger partial charge in [-0.1, -0.05) is 32.0 Å². The number of sulfonamides is 1. The van der Waals surface area contributed by atoms with Gasteiger partial charge in [0.1, 0.15) is 10.6 Å². The summed E-state index contributed by atoms with van der Waals surface area (Å²) in [6.07, 6.45) is 0. The van der Waals surface area contributed by atoms with Crippen molar-refractivity contribution in [2.75, 3.05) is 7.11 Å². The molecule has 0 aliphatic carbocycles. The first-order valence-corrected chi connectivity index (χ1v) is 11.1. The van der Waals surface area contributed by atoms with Gasteiger partial charge in [-0.15, -0.1) is 17.7 Å². The highest BCUT2D eigenvalue weighted by Gasteiger charge is 2.48. The minimum atomic E-state index is -4.19. The van der Waals surface area contributed by atoms with Crippen LogP contribution in [0.3, 0.4) is 0 Å². The van der Waals surface area contributed by atoms with Crippen LogP contribution in [0, 0.1) is 0 Å². The molecule has 0 spiro atoms. The van der Waals surface area contributed by atoms with Crippen molar-refractivity contribution in [2.24, 2.45) is 0 Å². The predicted octanol–water partition coefficient (Wildman–Crippen LogP) is 2.57. The molecule has 11 heteroatoms. The number of aromatic nitrogens is 4. The Morgan fingerprint density at radius 2 is 1.83 bits per heavy atom. The number of fused-ring (bicyclic) bond motifs is 1. The average Bonchev–Trinajstić information content (AvgIpc) is 3.29. The number of carbonyl (C=O) groups excluding carboxylic acids is 1. The second-order valence-corrected chi connectivity index (χ2v) is 9.28. The van der Waals surface area contributed by atoms with Crippen LogP contribution in [-0.2, 0) is 10.0 Å². The molecule has 4 rings (SSSR count). The standard InChI is InChI=1S/C19H19N5O4S2/c1-11(2)14-9-13(28-3)10-15-16(14)18(25)24(30(15,26)27)19(29)17-20-21-22-23(17)12-7-5-4-6-8-12/h4-11,19,29H,1-3H3. The molecular weight excluding hydrogens is 426 g/mol. The third-order valence-electron chi connectivity index (χ3n) is 4.86. The monoisotopic (exact) mass is 445 g/mol. The molecule has 0 bridgehead atoms. The Balaban J connectivity index is 1.85. The van der Waals surface area contributed by atoms with E-state index in [9.17, 15) is 13.2 Å². The van der Waals surface area contributed by atoms with E-state index in [0.29, 0.717) is 17.0 Å². The van der Waals surface area contributed by atoms with Gasteiger partial charge in [-0.3, -0.25) is 4.79 Å². The Hall–Kier alpha value is -2.92. The topological polar surface area (TPSA) is 107 Å². The maximum Gasteiger partial charge on any atom is 0.270 e. The molecule has 1 unspecified atom stereocenters. The van der Waals surface area contributed by atoms with Gasteiger partial charge in [0.05, 0.1) is 18.4 Å². The van der Waals surface area contributed by atoms with Gasteiger partial charge in [-0.2, -0.15) is 4.68 Å². The summed E-state index contributed by atoms with van der Waals surface area (Å²) in [7, 11) is -2.74. The molecule has 0 saturated heterocycles. The Kier molecular flexibility index (Phi) is 5.02. The summed E-state index contributed by atoms with van der Waals surface area (Å²) in [6, 6.07) is 12.0. The fourth-order valence-corrected chi connectivity index (χ4v) is 5.64. The van der Waals surface area contributed by atoms with Gasteiger partial charge in [-0.05, 0) is 40.1 Å². The van der Waals surface area contributed by atoms with Crippen LogP contribution in [-0.4, -0.2) is 45.9 Å². The maximum atomic E-state index is 13.3. The van der Waals surface area contributed by atoms with Gasteiger partial charge >= 0.3 is 0 Å². The molecule has 1 amide bonds. The van der Waals surface area contributed by atoms with E-state index >= 15 is 0 Å². The number of hydrogen-bond acceptors (Lipinski definition) is 8. The molecule has 1 aromatic heterocycles. The number of benzene rings is 2. The second kappa shape index (κ2) is 7.40. The molecule has 1 atom stereocenters. The highest BCUT2D eigenvalue weighted by atomic mass is 32.2. The van der Waals surface area contributed by atoms with Crippen molar-refractivity contribution in [2.45, 2.75) is 30.0 Å². The first kappa shape index (κ1) is 20.4. The van der Waals surface area contributed by atoms with Gasteiger partial charge in [0.2, 0.25) is 0 Å². The summed E-state index contributed by atoms with van der Waals surface area (Å²) in [5.74, 6) is -0.298.